The maximum atomic E-state index is 12.5. The fourth-order valence-corrected chi connectivity index (χ4v) is 3.37. The van der Waals surface area contributed by atoms with Crippen LogP contribution in [0.5, 0.6) is 11.9 Å². The second-order valence-corrected chi connectivity index (χ2v) is 6.68. The molecule has 7 heteroatoms. The van der Waals surface area contributed by atoms with Crippen LogP contribution in [0.25, 0.3) is 11.3 Å². The minimum atomic E-state index is -0.0783. The third kappa shape index (κ3) is 4.74. The Morgan fingerprint density at radius 3 is 2.81 bits per heavy atom. The highest BCUT2D eigenvalue weighted by Crippen LogP contribution is 2.24. The summed E-state index contributed by atoms with van der Waals surface area (Å²) in [6.07, 6.45) is 3.42. The lowest BCUT2D eigenvalue weighted by molar-refractivity contribution is 0.0950. The van der Waals surface area contributed by atoms with E-state index in [0.29, 0.717) is 29.7 Å². The topological polar surface area (TPSA) is 76.6 Å². The minimum absolute atomic E-state index is 0.0783. The van der Waals surface area contributed by atoms with Gasteiger partial charge in [0.2, 0.25) is 5.88 Å². The number of methoxy groups -OCH3 is 2. The molecule has 1 aliphatic rings. The van der Waals surface area contributed by atoms with E-state index in [1.165, 1.54) is 27.1 Å². The summed E-state index contributed by atoms with van der Waals surface area (Å²) in [5.41, 5.74) is 2.04. The zero-order valence-electron chi connectivity index (χ0n) is 16.1. The molecule has 1 aromatic carbocycles. The average molecular weight is 370 g/mol. The predicted molar refractivity (Wildman–Crippen MR) is 103 cm³/mol. The number of carbonyl (C=O) groups is 1. The number of rotatable bonds is 7. The van der Waals surface area contributed by atoms with Gasteiger partial charge in [0.1, 0.15) is 0 Å². The van der Waals surface area contributed by atoms with Crippen molar-refractivity contribution in [3.05, 3.63) is 35.9 Å². The number of hydrogen-bond acceptors (Lipinski definition) is 6. The van der Waals surface area contributed by atoms with Crippen molar-refractivity contribution in [1.29, 1.82) is 0 Å². The molecular formula is C20H26N4O3. The summed E-state index contributed by atoms with van der Waals surface area (Å²) >= 11 is 0. The molecule has 1 aliphatic heterocycles. The molecule has 1 amide bonds. The first kappa shape index (κ1) is 19.1. The van der Waals surface area contributed by atoms with Crippen LogP contribution in [-0.2, 0) is 0 Å². The lowest BCUT2D eigenvalue weighted by Gasteiger charge is -2.19. The third-order valence-electron chi connectivity index (χ3n) is 4.93. The molecular weight excluding hydrogens is 344 g/mol. The van der Waals surface area contributed by atoms with Gasteiger partial charge in [0.05, 0.1) is 19.9 Å². The first-order valence-electron chi connectivity index (χ1n) is 9.16. The molecule has 1 saturated heterocycles. The summed E-state index contributed by atoms with van der Waals surface area (Å²) in [6.45, 7) is 1.82. The van der Waals surface area contributed by atoms with E-state index in [0.717, 1.165) is 18.5 Å². The zero-order valence-corrected chi connectivity index (χ0v) is 16.1. The van der Waals surface area contributed by atoms with E-state index in [9.17, 15) is 4.79 Å². The first-order chi connectivity index (χ1) is 13.1. The second-order valence-electron chi connectivity index (χ2n) is 6.68. The van der Waals surface area contributed by atoms with Crippen molar-refractivity contribution in [2.45, 2.75) is 25.3 Å². The van der Waals surface area contributed by atoms with Crippen LogP contribution in [0.15, 0.2) is 30.3 Å². The van der Waals surface area contributed by atoms with Gasteiger partial charge in [-0.25, -0.2) is 0 Å². The molecule has 1 atom stereocenters. The van der Waals surface area contributed by atoms with Gasteiger partial charge in [-0.15, -0.1) is 0 Å². The molecule has 1 aromatic heterocycles. The van der Waals surface area contributed by atoms with Crippen LogP contribution < -0.4 is 14.8 Å². The molecule has 0 spiro atoms. The normalized spacial score (nSPS) is 16.9. The molecule has 0 radical (unpaired) electrons. The Bertz CT molecular complexity index is 774. The Kier molecular flexibility index (Phi) is 6.24. The van der Waals surface area contributed by atoms with Gasteiger partial charge in [-0.1, -0.05) is 12.1 Å². The third-order valence-corrected chi connectivity index (χ3v) is 4.93. The van der Waals surface area contributed by atoms with Gasteiger partial charge in [0.25, 0.3) is 5.91 Å². The summed E-state index contributed by atoms with van der Waals surface area (Å²) in [7, 11) is 5.19. The Balaban J connectivity index is 1.68. The Morgan fingerprint density at radius 2 is 2.11 bits per heavy atom. The van der Waals surface area contributed by atoms with Crippen LogP contribution in [0, 0.1) is 0 Å². The molecule has 2 heterocycles. The fraction of sp³-hybridized carbons (Fsp3) is 0.450. The molecule has 7 nitrogen and oxygen atoms in total. The molecule has 0 bridgehead atoms. The molecule has 27 heavy (non-hydrogen) atoms. The summed E-state index contributed by atoms with van der Waals surface area (Å²) in [4.78, 5) is 23.3. The minimum Gasteiger partial charge on any atom is -0.481 e. The molecule has 3 rings (SSSR count). The van der Waals surface area contributed by atoms with Crippen LogP contribution in [0.2, 0.25) is 0 Å². The summed E-state index contributed by atoms with van der Waals surface area (Å²) < 4.78 is 10.3. The van der Waals surface area contributed by atoms with Crippen molar-refractivity contribution in [1.82, 2.24) is 20.2 Å². The molecule has 0 aliphatic carbocycles. The molecule has 1 unspecified atom stereocenters. The number of benzene rings is 1. The van der Waals surface area contributed by atoms with Crippen LogP contribution >= 0.6 is 0 Å². The maximum Gasteiger partial charge on any atom is 0.320 e. The van der Waals surface area contributed by atoms with Crippen molar-refractivity contribution in [3.63, 3.8) is 0 Å². The van der Waals surface area contributed by atoms with E-state index < -0.39 is 0 Å². The number of carbonyl (C=O) groups excluding carboxylic acids is 1. The monoisotopic (exact) mass is 370 g/mol. The van der Waals surface area contributed by atoms with Crippen molar-refractivity contribution < 1.29 is 14.3 Å². The number of nitrogens with zero attached hydrogens (tertiary/aromatic N) is 3. The summed E-state index contributed by atoms with van der Waals surface area (Å²) in [5.74, 6) is 0.331. The number of ether oxygens (including phenoxy) is 2. The van der Waals surface area contributed by atoms with E-state index in [4.69, 9.17) is 9.47 Å². The second kappa shape index (κ2) is 8.81. The van der Waals surface area contributed by atoms with Crippen LogP contribution in [-0.4, -0.2) is 61.2 Å². The SMILES string of the molecule is COc1cc(-c2cccc(C(=O)NCCC3CCCN3C)c2)nc(OC)n1. The summed E-state index contributed by atoms with van der Waals surface area (Å²) in [5, 5.41) is 3.02. The van der Waals surface area contributed by atoms with Gasteiger partial charge in [0, 0.05) is 29.8 Å². The lowest BCUT2D eigenvalue weighted by Crippen LogP contribution is -2.31. The quantitative estimate of drug-likeness (QED) is 0.806. The van der Waals surface area contributed by atoms with E-state index >= 15 is 0 Å². The van der Waals surface area contributed by atoms with Crippen LogP contribution in [0.1, 0.15) is 29.6 Å². The number of aromatic nitrogens is 2. The van der Waals surface area contributed by atoms with Crippen molar-refractivity contribution >= 4 is 5.91 Å². The number of hydrogen-bond donors (Lipinski definition) is 1. The summed E-state index contributed by atoms with van der Waals surface area (Å²) in [6, 6.07) is 9.86. The number of amides is 1. The van der Waals surface area contributed by atoms with Gasteiger partial charge < -0.3 is 19.7 Å². The first-order valence-corrected chi connectivity index (χ1v) is 9.16. The largest absolute Gasteiger partial charge is 0.481 e. The Labute approximate surface area is 159 Å². The highest BCUT2D eigenvalue weighted by atomic mass is 16.5. The van der Waals surface area contributed by atoms with Gasteiger partial charge in [-0.2, -0.15) is 9.97 Å². The zero-order chi connectivity index (χ0) is 19.2. The average Bonchev–Trinajstić information content (AvgIpc) is 3.12. The Hall–Kier alpha value is -2.67. The van der Waals surface area contributed by atoms with Gasteiger partial charge >= 0.3 is 6.01 Å². The highest BCUT2D eigenvalue weighted by molar-refractivity contribution is 5.95. The fourth-order valence-electron chi connectivity index (χ4n) is 3.37. The van der Waals surface area contributed by atoms with E-state index in [-0.39, 0.29) is 11.9 Å². The molecule has 1 N–H and O–H groups in total. The Morgan fingerprint density at radius 1 is 1.26 bits per heavy atom. The number of nitrogens with one attached hydrogen (secondary N) is 1. The van der Waals surface area contributed by atoms with E-state index in [2.05, 4.69) is 27.2 Å². The smallest absolute Gasteiger partial charge is 0.320 e. The van der Waals surface area contributed by atoms with Crippen molar-refractivity contribution in [3.8, 4) is 23.1 Å². The standard InChI is InChI=1S/C20H26N4O3/c1-24-11-5-8-16(24)9-10-21-19(25)15-7-4-6-14(12-15)17-13-18(26-2)23-20(22-17)27-3/h4,6-7,12-13,16H,5,8-11H2,1-3H3,(H,21,25). The van der Waals surface area contributed by atoms with Crippen molar-refractivity contribution in [2.75, 3.05) is 34.4 Å². The van der Waals surface area contributed by atoms with E-state index in [1.807, 2.05) is 18.2 Å². The van der Waals surface area contributed by atoms with Gasteiger partial charge in [-0.05, 0) is 45.0 Å². The van der Waals surface area contributed by atoms with Crippen molar-refractivity contribution in [2.24, 2.45) is 0 Å². The maximum absolute atomic E-state index is 12.5. The molecule has 1 fully saturated rings. The molecule has 144 valence electrons. The van der Waals surface area contributed by atoms with Crippen LogP contribution in [0.3, 0.4) is 0 Å². The van der Waals surface area contributed by atoms with Gasteiger partial charge in [-0.3, -0.25) is 4.79 Å². The van der Waals surface area contributed by atoms with Gasteiger partial charge in [0.15, 0.2) is 0 Å². The van der Waals surface area contributed by atoms with E-state index in [1.54, 1.807) is 12.1 Å². The molecule has 2 aromatic rings. The lowest BCUT2D eigenvalue weighted by atomic mass is 10.1. The predicted octanol–water partition coefficient (Wildman–Crippen LogP) is 2.37. The highest BCUT2D eigenvalue weighted by Gasteiger charge is 2.20. The molecule has 0 saturated carbocycles. The number of likely N-dealkylation sites (tertiary alicyclic amines) is 1. The van der Waals surface area contributed by atoms with Crippen LogP contribution in [0.4, 0.5) is 0 Å².